The third-order valence-corrected chi connectivity index (χ3v) is 5.76. The molecule has 1 aliphatic heterocycles. The van der Waals surface area contributed by atoms with Gasteiger partial charge in [-0.3, -0.25) is 14.5 Å². The van der Waals surface area contributed by atoms with Gasteiger partial charge < -0.3 is 19.3 Å². The highest BCUT2D eigenvalue weighted by molar-refractivity contribution is 6.51. The molecule has 1 N–H and O–H groups in total. The number of hydrogen-bond acceptors (Lipinski definition) is 6. The molecule has 36 heavy (non-hydrogen) atoms. The van der Waals surface area contributed by atoms with E-state index in [0.29, 0.717) is 40.7 Å². The van der Waals surface area contributed by atoms with Crippen LogP contribution < -0.4 is 19.1 Å². The Balaban J connectivity index is 1.90. The van der Waals surface area contributed by atoms with Crippen molar-refractivity contribution in [1.29, 1.82) is 0 Å². The molecule has 3 aromatic carbocycles. The molecule has 0 radical (unpaired) electrons. The van der Waals surface area contributed by atoms with Gasteiger partial charge in [0.1, 0.15) is 23.0 Å². The van der Waals surface area contributed by atoms with E-state index < -0.39 is 17.7 Å². The molecule has 1 unspecified atom stereocenters. The van der Waals surface area contributed by atoms with E-state index in [0.717, 1.165) is 0 Å². The van der Waals surface area contributed by atoms with E-state index in [9.17, 15) is 14.7 Å². The highest BCUT2D eigenvalue weighted by Gasteiger charge is 2.47. The minimum atomic E-state index is -0.871. The Labute approximate surface area is 210 Å². The van der Waals surface area contributed by atoms with Crippen LogP contribution in [0.15, 0.2) is 78.4 Å². The minimum Gasteiger partial charge on any atom is -0.507 e. The van der Waals surface area contributed by atoms with Crippen molar-refractivity contribution in [2.45, 2.75) is 32.9 Å². The fourth-order valence-corrected chi connectivity index (χ4v) is 4.24. The molecule has 0 spiro atoms. The summed E-state index contributed by atoms with van der Waals surface area (Å²) in [6.07, 6.45) is -0.0606. The lowest BCUT2D eigenvalue weighted by atomic mass is 9.95. The average Bonchev–Trinajstić information content (AvgIpc) is 3.14. The van der Waals surface area contributed by atoms with Crippen LogP contribution in [0.2, 0.25) is 0 Å². The van der Waals surface area contributed by atoms with Crippen molar-refractivity contribution >= 4 is 23.1 Å². The first kappa shape index (κ1) is 24.9. The van der Waals surface area contributed by atoms with Gasteiger partial charge in [0.15, 0.2) is 0 Å². The third-order valence-electron chi connectivity index (χ3n) is 5.76. The normalized spacial score (nSPS) is 16.9. The maximum absolute atomic E-state index is 13.4. The molecular formula is C29H29NO6. The summed E-state index contributed by atoms with van der Waals surface area (Å²) < 4.78 is 16.7. The Morgan fingerprint density at radius 1 is 0.944 bits per heavy atom. The lowest BCUT2D eigenvalue weighted by Gasteiger charge is -2.26. The predicted octanol–water partition coefficient (Wildman–Crippen LogP) is 5.51. The maximum Gasteiger partial charge on any atom is 0.300 e. The van der Waals surface area contributed by atoms with Gasteiger partial charge in [0, 0.05) is 11.3 Å². The molecule has 1 atom stereocenters. The van der Waals surface area contributed by atoms with E-state index in [1.807, 2.05) is 32.9 Å². The molecule has 3 aromatic rings. The summed E-state index contributed by atoms with van der Waals surface area (Å²) in [7, 11) is 1.55. The lowest BCUT2D eigenvalue weighted by molar-refractivity contribution is -0.132. The van der Waals surface area contributed by atoms with Crippen LogP contribution in [0, 0.1) is 0 Å². The SMILES string of the molecule is CCOc1cccc(/C(O)=C2/C(=O)C(=O)N(c3ccc(OC)cc3)C2c2cccc(OC(C)C)c2)c1. The van der Waals surface area contributed by atoms with E-state index in [1.54, 1.807) is 67.8 Å². The second-order valence-electron chi connectivity index (χ2n) is 8.57. The number of Topliss-reactive ketones (excluding diaryl/α,β-unsaturated/α-hetero) is 1. The Hall–Kier alpha value is -4.26. The van der Waals surface area contributed by atoms with Gasteiger partial charge in [0.25, 0.3) is 11.7 Å². The molecule has 1 saturated heterocycles. The van der Waals surface area contributed by atoms with Crippen LogP contribution in [0.5, 0.6) is 17.2 Å². The van der Waals surface area contributed by atoms with Gasteiger partial charge in [-0.1, -0.05) is 24.3 Å². The predicted molar refractivity (Wildman–Crippen MR) is 138 cm³/mol. The quantitative estimate of drug-likeness (QED) is 0.256. The first-order valence-corrected chi connectivity index (χ1v) is 11.8. The fourth-order valence-electron chi connectivity index (χ4n) is 4.24. The summed E-state index contributed by atoms with van der Waals surface area (Å²) in [6.45, 7) is 6.15. The highest BCUT2D eigenvalue weighted by atomic mass is 16.5. The Morgan fingerprint density at radius 2 is 1.64 bits per heavy atom. The summed E-state index contributed by atoms with van der Waals surface area (Å²) in [5, 5.41) is 11.4. The van der Waals surface area contributed by atoms with Crippen molar-refractivity contribution in [3.63, 3.8) is 0 Å². The molecule has 1 fully saturated rings. The second-order valence-corrected chi connectivity index (χ2v) is 8.57. The van der Waals surface area contributed by atoms with Gasteiger partial charge in [-0.15, -0.1) is 0 Å². The molecule has 0 bridgehead atoms. The number of ketones is 1. The summed E-state index contributed by atoms with van der Waals surface area (Å²) in [5.41, 5.74) is 1.50. The Morgan fingerprint density at radius 3 is 2.31 bits per heavy atom. The lowest BCUT2D eigenvalue weighted by Crippen LogP contribution is -2.29. The second kappa shape index (κ2) is 10.6. The van der Waals surface area contributed by atoms with E-state index in [-0.39, 0.29) is 17.4 Å². The number of anilines is 1. The van der Waals surface area contributed by atoms with Gasteiger partial charge in [-0.05, 0) is 74.9 Å². The number of rotatable bonds is 8. The first-order chi connectivity index (χ1) is 17.3. The van der Waals surface area contributed by atoms with Gasteiger partial charge in [0.2, 0.25) is 0 Å². The molecule has 0 aliphatic carbocycles. The number of ether oxygens (including phenoxy) is 3. The highest BCUT2D eigenvalue weighted by Crippen LogP contribution is 2.43. The van der Waals surface area contributed by atoms with Gasteiger partial charge >= 0.3 is 0 Å². The Kier molecular flexibility index (Phi) is 7.29. The van der Waals surface area contributed by atoms with Crippen molar-refractivity contribution in [2.24, 2.45) is 0 Å². The van der Waals surface area contributed by atoms with E-state index in [1.165, 1.54) is 4.90 Å². The summed E-state index contributed by atoms with van der Waals surface area (Å²) >= 11 is 0. The van der Waals surface area contributed by atoms with Crippen molar-refractivity contribution in [2.75, 3.05) is 18.6 Å². The van der Waals surface area contributed by atoms with Crippen LogP contribution in [0.1, 0.15) is 37.9 Å². The first-order valence-electron chi connectivity index (χ1n) is 11.8. The van der Waals surface area contributed by atoms with Crippen LogP contribution in [0.25, 0.3) is 5.76 Å². The number of carbonyl (C=O) groups excluding carboxylic acids is 2. The molecule has 0 aromatic heterocycles. The number of aliphatic hydroxyl groups is 1. The number of methoxy groups -OCH3 is 1. The average molecular weight is 488 g/mol. The van der Waals surface area contributed by atoms with E-state index in [2.05, 4.69) is 0 Å². The number of amides is 1. The van der Waals surface area contributed by atoms with Crippen LogP contribution in [0.3, 0.4) is 0 Å². The van der Waals surface area contributed by atoms with E-state index in [4.69, 9.17) is 14.2 Å². The molecule has 1 aliphatic rings. The smallest absolute Gasteiger partial charge is 0.300 e. The fraction of sp³-hybridized carbons (Fsp3) is 0.241. The molecule has 0 saturated carbocycles. The van der Waals surface area contributed by atoms with Crippen molar-refractivity contribution in [1.82, 2.24) is 0 Å². The minimum absolute atomic E-state index is 0.00818. The largest absolute Gasteiger partial charge is 0.507 e. The zero-order chi connectivity index (χ0) is 25.8. The monoisotopic (exact) mass is 487 g/mol. The zero-order valence-corrected chi connectivity index (χ0v) is 20.7. The number of hydrogen-bond donors (Lipinski definition) is 1. The number of benzene rings is 3. The van der Waals surface area contributed by atoms with Gasteiger partial charge in [0.05, 0.1) is 31.4 Å². The van der Waals surface area contributed by atoms with Gasteiger partial charge in [-0.25, -0.2) is 0 Å². The molecule has 186 valence electrons. The number of aliphatic hydroxyl groups excluding tert-OH is 1. The molecular weight excluding hydrogens is 458 g/mol. The van der Waals surface area contributed by atoms with Crippen LogP contribution in [-0.2, 0) is 9.59 Å². The van der Waals surface area contributed by atoms with Crippen molar-refractivity contribution in [3.8, 4) is 17.2 Å². The number of carbonyl (C=O) groups is 2. The molecule has 1 heterocycles. The summed E-state index contributed by atoms with van der Waals surface area (Å²) in [5.74, 6) is -0.0119. The summed E-state index contributed by atoms with van der Waals surface area (Å²) in [6, 6.07) is 20.0. The zero-order valence-electron chi connectivity index (χ0n) is 20.7. The summed E-state index contributed by atoms with van der Waals surface area (Å²) in [4.78, 5) is 28.2. The van der Waals surface area contributed by atoms with Crippen LogP contribution in [-0.4, -0.2) is 36.6 Å². The van der Waals surface area contributed by atoms with E-state index >= 15 is 0 Å². The van der Waals surface area contributed by atoms with Crippen LogP contribution in [0.4, 0.5) is 5.69 Å². The van der Waals surface area contributed by atoms with Gasteiger partial charge in [-0.2, -0.15) is 0 Å². The maximum atomic E-state index is 13.4. The number of nitrogens with zero attached hydrogens (tertiary/aromatic N) is 1. The molecule has 1 amide bonds. The van der Waals surface area contributed by atoms with Crippen molar-refractivity contribution in [3.05, 3.63) is 89.5 Å². The topological polar surface area (TPSA) is 85.3 Å². The van der Waals surface area contributed by atoms with Crippen molar-refractivity contribution < 1.29 is 28.9 Å². The molecule has 7 heteroatoms. The standard InChI is InChI=1S/C29H29NO6/c1-5-35-23-10-7-9-20(17-23)27(31)25-26(19-8-6-11-24(16-19)36-18(2)3)30(29(33)28(25)32)21-12-14-22(34-4)15-13-21/h6-18,26,31H,5H2,1-4H3/b27-25-. The van der Waals surface area contributed by atoms with Crippen LogP contribution >= 0.6 is 0 Å². The molecule has 7 nitrogen and oxygen atoms in total. The third kappa shape index (κ3) is 4.91. The Bertz CT molecular complexity index is 1300. The molecule has 4 rings (SSSR count).